The van der Waals surface area contributed by atoms with Crippen molar-refractivity contribution in [3.05, 3.63) is 29.3 Å². The molecule has 1 aliphatic rings. The minimum Gasteiger partial charge on any atom is -0.346 e. The lowest BCUT2D eigenvalue weighted by atomic mass is 9.90. The second-order valence-corrected chi connectivity index (χ2v) is 6.15. The van der Waals surface area contributed by atoms with Gasteiger partial charge in [-0.25, -0.2) is 4.98 Å². The van der Waals surface area contributed by atoms with Gasteiger partial charge < -0.3 is 10.6 Å². The molecule has 0 radical (unpaired) electrons. The molecule has 1 aliphatic heterocycles. The Labute approximate surface area is 122 Å². The Morgan fingerprint density at radius 1 is 1.50 bits per heavy atom. The molecule has 2 N–H and O–H groups in total. The highest BCUT2D eigenvalue weighted by molar-refractivity contribution is 7.16. The van der Waals surface area contributed by atoms with E-state index in [1.165, 1.54) is 0 Å². The average Bonchev–Trinajstić information content (AvgIpc) is 2.95. The Kier molecular flexibility index (Phi) is 3.98. The second kappa shape index (κ2) is 5.89. The largest absolute Gasteiger partial charge is 0.346 e. The molecule has 2 unspecified atom stereocenters. The molecular weight excluding hydrogens is 270 g/mol. The number of rotatable bonds is 3. The molecule has 3 rings (SSSR count). The van der Waals surface area contributed by atoms with Crippen LogP contribution < -0.4 is 10.6 Å². The topological polar surface area (TPSA) is 54.0 Å². The maximum atomic E-state index is 12.3. The number of hydrogen-bond acceptors (Lipinski definition) is 4. The first-order chi connectivity index (χ1) is 9.78. The summed E-state index contributed by atoms with van der Waals surface area (Å²) in [6.07, 6.45) is 2.23. The lowest BCUT2D eigenvalue weighted by molar-refractivity contribution is 0.0906. The molecule has 1 amide bonds. The fraction of sp³-hybridized carbons (Fsp3) is 0.467. The molecule has 20 heavy (non-hydrogen) atoms. The van der Waals surface area contributed by atoms with Crippen LogP contribution >= 0.6 is 11.3 Å². The van der Waals surface area contributed by atoms with E-state index in [0.29, 0.717) is 11.6 Å². The molecule has 0 saturated carbocycles. The van der Waals surface area contributed by atoms with Gasteiger partial charge in [0.15, 0.2) is 0 Å². The highest BCUT2D eigenvalue weighted by Crippen LogP contribution is 2.19. The summed E-state index contributed by atoms with van der Waals surface area (Å²) >= 11 is 1.57. The van der Waals surface area contributed by atoms with Crippen molar-refractivity contribution in [2.75, 3.05) is 13.1 Å². The van der Waals surface area contributed by atoms with Crippen LogP contribution in [0, 0.1) is 5.92 Å². The molecule has 1 saturated heterocycles. The maximum Gasteiger partial charge on any atom is 0.270 e. The van der Waals surface area contributed by atoms with Crippen molar-refractivity contribution in [3.63, 3.8) is 0 Å². The van der Waals surface area contributed by atoms with Crippen molar-refractivity contribution in [3.8, 4) is 0 Å². The lowest BCUT2D eigenvalue weighted by Crippen LogP contribution is -2.51. The number of fused-ring (bicyclic) bond motifs is 1. The van der Waals surface area contributed by atoms with E-state index < -0.39 is 0 Å². The third-order valence-corrected chi connectivity index (χ3v) is 4.84. The van der Waals surface area contributed by atoms with E-state index in [0.717, 1.165) is 36.1 Å². The lowest BCUT2D eigenvalue weighted by Gasteiger charge is -2.32. The molecular formula is C15H19N3OS. The summed E-state index contributed by atoms with van der Waals surface area (Å²) in [7, 11) is 0. The Bertz CT molecular complexity index is 610. The number of carbonyl (C=O) groups is 1. The van der Waals surface area contributed by atoms with Crippen molar-refractivity contribution in [2.24, 2.45) is 5.92 Å². The van der Waals surface area contributed by atoms with Gasteiger partial charge in [-0.2, -0.15) is 0 Å². The van der Waals surface area contributed by atoms with E-state index in [2.05, 4.69) is 22.5 Å². The van der Waals surface area contributed by atoms with E-state index in [1.807, 2.05) is 23.6 Å². The molecule has 4 nitrogen and oxygen atoms in total. The number of thiophene rings is 1. The monoisotopic (exact) mass is 289 g/mol. The van der Waals surface area contributed by atoms with Crippen LogP contribution in [0.5, 0.6) is 0 Å². The number of amides is 1. The van der Waals surface area contributed by atoms with Crippen molar-refractivity contribution < 1.29 is 4.79 Å². The zero-order chi connectivity index (χ0) is 13.9. The number of aromatic nitrogens is 1. The first kappa shape index (κ1) is 13.5. The maximum absolute atomic E-state index is 12.3. The number of nitrogens with zero attached hydrogens (tertiary/aromatic N) is 1. The van der Waals surface area contributed by atoms with Gasteiger partial charge in [-0.3, -0.25) is 4.79 Å². The number of carbonyl (C=O) groups excluding carboxylic acids is 1. The van der Waals surface area contributed by atoms with Crippen LogP contribution in [0.4, 0.5) is 0 Å². The second-order valence-electron chi connectivity index (χ2n) is 5.25. The summed E-state index contributed by atoms with van der Waals surface area (Å²) in [5.74, 6) is 0.498. The van der Waals surface area contributed by atoms with Gasteiger partial charge in [-0.15, -0.1) is 11.3 Å². The van der Waals surface area contributed by atoms with Crippen LogP contribution in [-0.2, 0) is 0 Å². The van der Waals surface area contributed by atoms with Crippen LogP contribution in [-0.4, -0.2) is 30.0 Å². The normalized spacial score (nSPS) is 22.9. The van der Waals surface area contributed by atoms with E-state index in [1.54, 1.807) is 11.3 Å². The molecule has 106 valence electrons. The van der Waals surface area contributed by atoms with Crippen molar-refractivity contribution in [1.82, 2.24) is 15.6 Å². The van der Waals surface area contributed by atoms with E-state index in [4.69, 9.17) is 0 Å². The molecule has 1 fully saturated rings. The number of pyridine rings is 1. The highest BCUT2D eigenvalue weighted by Gasteiger charge is 2.25. The van der Waals surface area contributed by atoms with Gasteiger partial charge in [0, 0.05) is 18.0 Å². The van der Waals surface area contributed by atoms with Gasteiger partial charge in [-0.1, -0.05) is 13.3 Å². The minimum absolute atomic E-state index is 0.0625. The average molecular weight is 289 g/mol. The van der Waals surface area contributed by atoms with Gasteiger partial charge in [0.1, 0.15) is 10.5 Å². The Morgan fingerprint density at radius 2 is 2.40 bits per heavy atom. The molecule has 5 heteroatoms. The summed E-state index contributed by atoms with van der Waals surface area (Å²) in [6, 6.07) is 6.00. The molecule has 2 aromatic rings. The standard InChI is InChI=1S/C15H19N3OS/c1-2-10-5-7-16-9-13(10)17-14(19)12-4-3-11-6-8-20-15(11)18-12/h3-4,6,8,10,13,16H,2,5,7,9H2,1H3,(H,17,19). The molecule has 2 aromatic heterocycles. The Hall–Kier alpha value is -1.46. The van der Waals surface area contributed by atoms with Crippen molar-refractivity contribution in [1.29, 1.82) is 0 Å². The quantitative estimate of drug-likeness (QED) is 0.912. The van der Waals surface area contributed by atoms with Gasteiger partial charge in [0.05, 0.1) is 0 Å². The molecule has 3 heterocycles. The van der Waals surface area contributed by atoms with Crippen LogP contribution in [0.1, 0.15) is 30.3 Å². The smallest absolute Gasteiger partial charge is 0.270 e. The van der Waals surface area contributed by atoms with Crippen LogP contribution in [0.15, 0.2) is 23.6 Å². The van der Waals surface area contributed by atoms with Crippen molar-refractivity contribution >= 4 is 27.5 Å². The first-order valence-corrected chi connectivity index (χ1v) is 8.01. The summed E-state index contributed by atoms with van der Waals surface area (Å²) in [5.41, 5.74) is 0.514. The van der Waals surface area contributed by atoms with Crippen molar-refractivity contribution in [2.45, 2.75) is 25.8 Å². The molecule has 0 bridgehead atoms. The number of piperidine rings is 1. The minimum atomic E-state index is -0.0625. The zero-order valence-corrected chi connectivity index (χ0v) is 12.4. The predicted molar refractivity (Wildman–Crippen MR) is 82.1 cm³/mol. The van der Waals surface area contributed by atoms with Crippen LogP contribution in [0.25, 0.3) is 10.2 Å². The Morgan fingerprint density at radius 3 is 3.25 bits per heavy atom. The third-order valence-electron chi connectivity index (χ3n) is 4.02. The predicted octanol–water partition coefficient (Wildman–Crippen LogP) is 2.41. The molecule has 2 atom stereocenters. The summed E-state index contributed by atoms with van der Waals surface area (Å²) in [6.45, 7) is 4.08. The summed E-state index contributed by atoms with van der Waals surface area (Å²) in [5, 5.41) is 9.57. The van der Waals surface area contributed by atoms with Crippen LogP contribution in [0.2, 0.25) is 0 Å². The number of hydrogen-bond donors (Lipinski definition) is 2. The SMILES string of the molecule is CCC1CCNCC1NC(=O)c1ccc2ccsc2n1. The molecule has 0 spiro atoms. The zero-order valence-electron chi connectivity index (χ0n) is 11.6. The first-order valence-electron chi connectivity index (χ1n) is 7.13. The van der Waals surface area contributed by atoms with E-state index in [-0.39, 0.29) is 11.9 Å². The third kappa shape index (κ3) is 2.69. The van der Waals surface area contributed by atoms with Gasteiger partial charge in [0.25, 0.3) is 5.91 Å². The fourth-order valence-electron chi connectivity index (χ4n) is 2.78. The fourth-order valence-corrected chi connectivity index (χ4v) is 3.55. The van der Waals surface area contributed by atoms with E-state index in [9.17, 15) is 4.79 Å². The molecule has 0 aliphatic carbocycles. The Balaban J connectivity index is 1.74. The van der Waals surface area contributed by atoms with Crippen LogP contribution in [0.3, 0.4) is 0 Å². The summed E-state index contributed by atoms with van der Waals surface area (Å²) in [4.78, 5) is 17.7. The number of nitrogens with one attached hydrogen (secondary N) is 2. The molecule has 0 aromatic carbocycles. The van der Waals surface area contributed by atoms with E-state index >= 15 is 0 Å². The summed E-state index contributed by atoms with van der Waals surface area (Å²) < 4.78 is 0. The van der Waals surface area contributed by atoms with Gasteiger partial charge in [0.2, 0.25) is 0 Å². The van der Waals surface area contributed by atoms with Gasteiger partial charge in [-0.05, 0) is 42.5 Å². The highest BCUT2D eigenvalue weighted by atomic mass is 32.1. The van der Waals surface area contributed by atoms with Gasteiger partial charge >= 0.3 is 0 Å².